The lowest BCUT2D eigenvalue weighted by Crippen LogP contribution is -2.36. The number of rotatable bonds is 7. The van der Waals surface area contributed by atoms with Crippen LogP contribution in [0.1, 0.15) is 37.3 Å². The van der Waals surface area contributed by atoms with E-state index >= 15 is 0 Å². The molecule has 0 unspecified atom stereocenters. The number of benzene rings is 2. The third kappa shape index (κ3) is 6.62. The highest BCUT2D eigenvalue weighted by molar-refractivity contribution is 7.10. The van der Waals surface area contributed by atoms with Gasteiger partial charge in [0.05, 0.1) is 16.7 Å². The van der Waals surface area contributed by atoms with E-state index in [0.29, 0.717) is 27.0 Å². The maximum atomic E-state index is 13.3. The Hall–Kier alpha value is -3.81. The summed E-state index contributed by atoms with van der Waals surface area (Å²) >= 11 is 7.22. The summed E-state index contributed by atoms with van der Waals surface area (Å²) in [6.45, 7) is 7.46. The minimum atomic E-state index is -1.05. The molecule has 2 aromatic carbocycles. The first-order valence-electron chi connectivity index (χ1n) is 10.5. The van der Waals surface area contributed by atoms with Crippen LogP contribution in [0.25, 0.3) is 11.3 Å². The van der Waals surface area contributed by atoms with Crippen molar-refractivity contribution >= 4 is 45.9 Å². The van der Waals surface area contributed by atoms with E-state index < -0.39 is 22.3 Å². The second-order valence-electron chi connectivity index (χ2n) is 8.71. The van der Waals surface area contributed by atoms with Crippen LogP contribution in [0.3, 0.4) is 0 Å². The summed E-state index contributed by atoms with van der Waals surface area (Å²) in [7, 11) is 0. The van der Waals surface area contributed by atoms with Gasteiger partial charge < -0.3 is 10.7 Å². The lowest BCUT2D eigenvalue weighted by atomic mass is 10.0. The van der Waals surface area contributed by atoms with Gasteiger partial charge in [-0.25, -0.2) is 4.98 Å². The highest BCUT2D eigenvalue weighted by Crippen LogP contribution is 2.29. The number of amides is 1. The van der Waals surface area contributed by atoms with E-state index in [9.17, 15) is 20.2 Å². The van der Waals surface area contributed by atoms with E-state index in [1.54, 1.807) is 35.7 Å². The predicted octanol–water partition coefficient (Wildman–Crippen LogP) is 5.67. The number of nitriles is 1. The summed E-state index contributed by atoms with van der Waals surface area (Å²) in [5.74, 6) is -1.60. The summed E-state index contributed by atoms with van der Waals surface area (Å²) in [6.07, 6.45) is 0. The first-order valence-corrected chi connectivity index (χ1v) is 11.8. The van der Waals surface area contributed by atoms with Crippen LogP contribution in [0.5, 0.6) is 0 Å². The molecule has 0 aliphatic heterocycles. The highest BCUT2D eigenvalue weighted by atomic mass is 35.5. The molecule has 0 radical (unpaired) electrons. The van der Waals surface area contributed by atoms with Gasteiger partial charge >= 0.3 is 0 Å². The van der Waals surface area contributed by atoms with E-state index in [4.69, 9.17) is 11.6 Å². The van der Waals surface area contributed by atoms with E-state index in [1.165, 1.54) is 23.5 Å². The molecule has 0 aliphatic carbocycles. The number of nitro benzene ring substituents is 1. The molecular weight excluding hydrogens is 488 g/mol. The van der Waals surface area contributed by atoms with Crippen molar-refractivity contribution in [2.24, 2.45) is 5.10 Å². The number of aromatic nitrogens is 1. The fraction of sp³-hybridized carbons (Fsp3) is 0.250. The van der Waals surface area contributed by atoms with Crippen molar-refractivity contribution in [2.45, 2.75) is 39.2 Å². The van der Waals surface area contributed by atoms with E-state index in [-0.39, 0.29) is 11.4 Å². The summed E-state index contributed by atoms with van der Waals surface area (Å²) in [6, 6.07) is 13.2. The van der Waals surface area contributed by atoms with Crippen molar-refractivity contribution in [3.63, 3.8) is 0 Å². The molecule has 35 heavy (non-hydrogen) atoms. The average molecular weight is 511 g/mol. The maximum absolute atomic E-state index is 13.3. The highest BCUT2D eigenvalue weighted by Gasteiger charge is 2.29. The number of carbonyl (C=O) groups excluding carboxylic acids is 1. The van der Waals surface area contributed by atoms with Crippen LogP contribution in [0, 0.1) is 28.4 Å². The standard InChI is InChI=1S/C24H23ClN6O3S/c1-14-11-16(25)7-10-19(14)27-22(32)21(29-30-24(2,3)4)18(12-26)23-28-20(13-35-23)15-5-8-17(9-6-15)31(33)34/h5-11,13,18,30H,1-4H3,(H,27,32)/b29-21-/t18-/m1/s1. The largest absolute Gasteiger partial charge is 0.321 e. The van der Waals surface area contributed by atoms with Gasteiger partial charge in [0, 0.05) is 39.3 Å². The Kier molecular flexibility index (Phi) is 7.84. The lowest BCUT2D eigenvalue weighted by molar-refractivity contribution is -0.384. The smallest absolute Gasteiger partial charge is 0.273 e. The zero-order valence-corrected chi connectivity index (χ0v) is 21.1. The molecule has 0 bridgehead atoms. The molecule has 180 valence electrons. The number of non-ortho nitro benzene ring substituents is 1. The molecule has 3 aromatic rings. The fourth-order valence-electron chi connectivity index (χ4n) is 2.97. The normalized spacial score (nSPS) is 12.5. The van der Waals surface area contributed by atoms with Crippen LogP contribution in [0.4, 0.5) is 11.4 Å². The second-order valence-corrected chi connectivity index (χ2v) is 10.0. The number of thiazole rings is 1. The quantitative estimate of drug-likeness (QED) is 0.239. The first-order chi connectivity index (χ1) is 16.5. The molecule has 3 rings (SSSR count). The Labute approximate surface area is 211 Å². The first kappa shape index (κ1) is 25.8. The minimum absolute atomic E-state index is 0.0315. The van der Waals surface area contributed by atoms with Crippen LogP contribution in [0.2, 0.25) is 5.02 Å². The summed E-state index contributed by atoms with van der Waals surface area (Å²) in [4.78, 5) is 28.2. The Bertz CT molecular complexity index is 1320. The molecule has 2 N–H and O–H groups in total. The van der Waals surface area contributed by atoms with Gasteiger partial charge in [0.1, 0.15) is 16.6 Å². The summed E-state index contributed by atoms with van der Waals surface area (Å²) in [5.41, 5.74) is 4.90. The van der Waals surface area contributed by atoms with Gasteiger partial charge in [0.25, 0.3) is 11.6 Å². The van der Waals surface area contributed by atoms with Gasteiger partial charge in [0.2, 0.25) is 0 Å². The number of halogens is 1. The topological polar surface area (TPSA) is 133 Å². The van der Waals surface area contributed by atoms with Crippen molar-refractivity contribution in [1.82, 2.24) is 10.4 Å². The molecule has 9 nitrogen and oxygen atoms in total. The zero-order chi connectivity index (χ0) is 25.8. The molecule has 11 heteroatoms. The monoisotopic (exact) mass is 510 g/mol. The number of carbonyl (C=O) groups is 1. The molecule has 0 fully saturated rings. The Morgan fingerprint density at radius 3 is 2.51 bits per heavy atom. The molecule has 1 atom stereocenters. The molecule has 0 aliphatic rings. The maximum Gasteiger partial charge on any atom is 0.273 e. The van der Waals surface area contributed by atoms with Gasteiger partial charge in [-0.05, 0) is 63.6 Å². The van der Waals surface area contributed by atoms with Gasteiger partial charge in [0.15, 0.2) is 0 Å². The van der Waals surface area contributed by atoms with Crippen molar-refractivity contribution < 1.29 is 9.72 Å². The van der Waals surface area contributed by atoms with Gasteiger partial charge in [-0.15, -0.1) is 11.3 Å². The molecule has 1 aromatic heterocycles. The number of aryl methyl sites for hydroxylation is 1. The van der Waals surface area contributed by atoms with E-state index in [1.807, 2.05) is 27.7 Å². The van der Waals surface area contributed by atoms with Gasteiger partial charge in [-0.2, -0.15) is 10.4 Å². The van der Waals surface area contributed by atoms with Gasteiger partial charge in [-0.3, -0.25) is 14.9 Å². The molecule has 0 saturated carbocycles. The second kappa shape index (κ2) is 10.6. The third-order valence-corrected chi connectivity index (χ3v) is 5.87. The van der Waals surface area contributed by atoms with Crippen molar-refractivity contribution in [3.05, 3.63) is 73.6 Å². The van der Waals surface area contributed by atoms with Crippen LogP contribution in [0.15, 0.2) is 52.9 Å². The SMILES string of the molecule is Cc1cc(Cl)ccc1NC(=O)/C(=N\NC(C)(C)C)[C@@H](C#N)c1nc(-c2ccc([N+](=O)[O-])cc2)cs1. The number of nitrogens with one attached hydrogen (secondary N) is 2. The third-order valence-electron chi connectivity index (χ3n) is 4.73. The van der Waals surface area contributed by atoms with Crippen molar-refractivity contribution in [2.75, 3.05) is 5.32 Å². The number of hydrogen-bond donors (Lipinski definition) is 2. The summed E-state index contributed by atoms with van der Waals surface area (Å²) in [5, 5.41) is 30.7. The van der Waals surface area contributed by atoms with Crippen LogP contribution >= 0.6 is 22.9 Å². The van der Waals surface area contributed by atoms with Crippen molar-refractivity contribution in [1.29, 1.82) is 5.26 Å². The number of nitro groups is 1. The van der Waals surface area contributed by atoms with E-state index in [0.717, 1.165) is 5.56 Å². The Morgan fingerprint density at radius 2 is 1.94 bits per heavy atom. The minimum Gasteiger partial charge on any atom is -0.321 e. The van der Waals surface area contributed by atoms with Crippen LogP contribution in [-0.2, 0) is 4.79 Å². The molecule has 0 saturated heterocycles. The Morgan fingerprint density at radius 1 is 1.26 bits per heavy atom. The predicted molar refractivity (Wildman–Crippen MR) is 138 cm³/mol. The van der Waals surface area contributed by atoms with E-state index in [2.05, 4.69) is 26.9 Å². The van der Waals surface area contributed by atoms with Crippen LogP contribution in [-0.4, -0.2) is 27.1 Å². The molecule has 1 amide bonds. The molecular formula is C24H23ClN6O3S. The zero-order valence-electron chi connectivity index (χ0n) is 19.5. The summed E-state index contributed by atoms with van der Waals surface area (Å²) < 4.78 is 0. The molecule has 1 heterocycles. The lowest BCUT2D eigenvalue weighted by Gasteiger charge is -2.20. The number of nitrogens with zero attached hydrogens (tertiary/aromatic N) is 4. The fourth-order valence-corrected chi connectivity index (χ4v) is 4.07. The van der Waals surface area contributed by atoms with Crippen LogP contribution < -0.4 is 10.7 Å². The average Bonchev–Trinajstić information content (AvgIpc) is 3.27. The van der Waals surface area contributed by atoms with Gasteiger partial charge in [-0.1, -0.05) is 11.6 Å². The van der Waals surface area contributed by atoms with Crippen molar-refractivity contribution in [3.8, 4) is 17.3 Å². The number of anilines is 1. The number of hydrogen-bond acceptors (Lipinski definition) is 8. The Balaban J connectivity index is 1.95. The number of hydrazone groups is 1. The molecule has 0 spiro atoms.